The first kappa shape index (κ1) is 37.5. The number of rotatable bonds is 0. The fraction of sp³-hybridized carbons (Fsp3) is 0.333. The second-order valence-corrected chi connectivity index (χ2v) is 9.05. The minimum atomic E-state index is 0. The molecule has 0 N–H and O–H groups in total. The standard InChI is InChI=1S/2C9H13.2C6H5.2ClH.H2Si.Ti/c2*1-9(2,3)8-6-4-5-7-8;2*1-2-4-6-5-3-1;;;;/h2*4,6H,5H2,1-3H3;2*1-5H;2*1H;1H2;/q4*-1;;;;. The molecule has 0 aliphatic heterocycles. The molecule has 0 unspecified atom stereocenters. The number of benzene rings is 2. The van der Waals surface area contributed by atoms with Gasteiger partial charge >= 0.3 is 26.8 Å². The van der Waals surface area contributed by atoms with Gasteiger partial charge in [-0.1, -0.05) is 41.5 Å². The van der Waals surface area contributed by atoms with Crippen molar-refractivity contribution in [3.8, 4) is 0 Å². The van der Waals surface area contributed by atoms with Crippen LogP contribution in [0.1, 0.15) is 54.4 Å². The fourth-order valence-electron chi connectivity index (χ4n) is 2.52. The molecule has 0 amide bonds. The fourth-order valence-corrected chi connectivity index (χ4v) is 2.52. The van der Waals surface area contributed by atoms with Crippen LogP contribution in [0.15, 0.2) is 96.1 Å². The number of hydrogen-bond acceptors (Lipinski definition) is 0. The van der Waals surface area contributed by atoms with Crippen molar-refractivity contribution >= 4 is 32.4 Å². The zero-order valence-corrected chi connectivity index (χ0v) is 26.1. The summed E-state index contributed by atoms with van der Waals surface area (Å²) in [5.74, 6) is 0. The van der Waals surface area contributed by atoms with Crippen molar-refractivity contribution in [3.05, 3.63) is 120 Å². The van der Waals surface area contributed by atoms with Crippen LogP contribution >= 0.6 is 24.8 Å². The molecule has 0 heterocycles. The number of hydrogen-bond donors (Lipinski definition) is 0. The second kappa shape index (κ2) is 22.4. The molecule has 4 rings (SSSR count). The maximum Gasteiger partial charge on any atom is -0.171 e. The van der Waals surface area contributed by atoms with E-state index in [4.69, 9.17) is 0 Å². The van der Waals surface area contributed by atoms with Crippen molar-refractivity contribution in [1.82, 2.24) is 0 Å². The average molecular weight is 548 g/mol. The molecule has 0 radical (unpaired) electrons. The van der Waals surface area contributed by atoms with Crippen LogP contribution in [-0.4, -0.2) is 7.63 Å². The van der Waals surface area contributed by atoms with Crippen LogP contribution in [0.3, 0.4) is 0 Å². The molecule has 2 aromatic carbocycles. The van der Waals surface area contributed by atoms with E-state index >= 15 is 0 Å². The topological polar surface area (TPSA) is 0 Å². The zero-order valence-electron chi connectivity index (χ0n) is 21.5. The predicted molar refractivity (Wildman–Crippen MR) is 154 cm³/mol. The molecule has 0 bridgehead atoms. The summed E-state index contributed by atoms with van der Waals surface area (Å²) in [5.41, 5.74) is 3.30. The van der Waals surface area contributed by atoms with Gasteiger partial charge in [0.05, 0.1) is 0 Å². The SMILES string of the molecule is CC(C)(C)C1=[C-]CC=C1.CC(C)(C)C1=[C-]CC=C1.Cl.Cl.[SiH2]=[Ti].[c-]1ccccc1.[c-]1ccccc1. The van der Waals surface area contributed by atoms with Gasteiger partial charge in [-0.2, -0.15) is 84.9 Å². The van der Waals surface area contributed by atoms with E-state index in [0.29, 0.717) is 10.8 Å². The summed E-state index contributed by atoms with van der Waals surface area (Å²) >= 11 is 2.03. The summed E-state index contributed by atoms with van der Waals surface area (Å²) < 4.78 is 0. The Bertz CT molecular complexity index is 703. The van der Waals surface area contributed by atoms with Crippen molar-refractivity contribution < 1.29 is 19.2 Å². The Hall–Kier alpha value is -1.09. The number of allylic oxidation sites excluding steroid dienone is 8. The van der Waals surface area contributed by atoms with E-state index in [1.165, 1.54) is 11.1 Å². The van der Waals surface area contributed by atoms with Gasteiger partial charge in [0.1, 0.15) is 0 Å². The van der Waals surface area contributed by atoms with Crippen LogP contribution in [0.4, 0.5) is 0 Å². The van der Waals surface area contributed by atoms with E-state index in [9.17, 15) is 0 Å². The van der Waals surface area contributed by atoms with E-state index in [-0.39, 0.29) is 24.8 Å². The molecule has 34 heavy (non-hydrogen) atoms. The van der Waals surface area contributed by atoms with Crippen molar-refractivity contribution in [1.29, 1.82) is 0 Å². The van der Waals surface area contributed by atoms with Gasteiger partial charge in [-0.3, -0.25) is 12.2 Å². The molecule has 4 heteroatoms. The molecule has 0 saturated carbocycles. The molecule has 0 nitrogen and oxygen atoms in total. The van der Waals surface area contributed by atoms with Crippen LogP contribution in [-0.2, 0) is 19.2 Å². The van der Waals surface area contributed by atoms with Crippen LogP contribution in [0.5, 0.6) is 0 Å². The quantitative estimate of drug-likeness (QED) is 0.230. The Morgan fingerprint density at radius 3 is 0.971 bits per heavy atom. The molecule has 0 atom stereocenters. The molecular formula is C30H40Cl2SiTi-4. The Morgan fingerprint density at radius 2 is 0.882 bits per heavy atom. The van der Waals surface area contributed by atoms with Gasteiger partial charge in [0, 0.05) is 0 Å². The minimum Gasteiger partial charge on any atom is -0.184 e. The van der Waals surface area contributed by atoms with Gasteiger partial charge in [0.15, 0.2) is 0 Å². The monoisotopic (exact) mass is 546 g/mol. The van der Waals surface area contributed by atoms with Crippen molar-refractivity contribution in [3.63, 3.8) is 0 Å². The van der Waals surface area contributed by atoms with E-state index in [1.807, 2.05) is 87.5 Å². The van der Waals surface area contributed by atoms with Crippen molar-refractivity contribution in [2.24, 2.45) is 10.8 Å². The molecule has 0 fully saturated rings. The third-order valence-corrected chi connectivity index (χ3v) is 4.22. The molecule has 2 aliphatic rings. The largest absolute Gasteiger partial charge is 0.184 e. The van der Waals surface area contributed by atoms with Crippen LogP contribution in [0, 0.1) is 35.1 Å². The Balaban J connectivity index is -0.000000366. The third kappa shape index (κ3) is 20.3. The first-order chi connectivity index (χ1) is 15.2. The van der Waals surface area contributed by atoms with Gasteiger partial charge in [0.2, 0.25) is 0 Å². The minimum absolute atomic E-state index is 0. The summed E-state index contributed by atoms with van der Waals surface area (Å²) in [6.07, 6.45) is 17.3. The van der Waals surface area contributed by atoms with Gasteiger partial charge in [-0.05, 0) is 10.8 Å². The Kier molecular flexibility index (Phi) is 24.7. The van der Waals surface area contributed by atoms with E-state index in [0.717, 1.165) is 12.8 Å². The second-order valence-electron chi connectivity index (χ2n) is 9.05. The van der Waals surface area contributed by atoms with Crippen LogP contribution in [0.2, 0.25) is 0 Å². The summed E-state index contributed by atoms with van der Waals surface area (Å²) in [6.45, 7) is 13.3. The molecule has 2 aromatic rings. The Morgan fingerprint density at radius 1 is 0.588 bits per heavy atom. The average Bonchev–Trinajstić information content (AvgIpc) is 3.53. The molecule has 186 valence electrons. The molecule has 2 aliphatic carbocycles. The third-order valence-electron chi connectivity index (χ3n) is 4.22. The van der Waals surface area contributed by atoms with Crippen LogP contribution in [0.25, 0.3) is 0 Å². The summed E-state index contributed by atoms with van der Waals surface area (Å²) in [6, 6.07) is 25.0. The van der Waals surface area contributed by atoms with E-state index in [1.54, 1.807) is 0 Å². The first-order valence-electron chi connectivity index (χ1n) is 10.9. The molecular weight excluding hydrogens is 507 g/mol. The molecule has 0 spiro atoms. The maximum absolute atomic E-state index is 3.30. The molecule has 0 saturated heterocycles. The van der Waals surface area contributed by atoms with Gasteiger partial charge in [-0.25, -0.2) is 23.3 Å². The van der Waals surface area contributed by atoms with Crippen molar-refractivity contribution in [2.45, 2.75) is 54.4 Å². The van der Waals surface area contributed by atoms with Gasteiger partial charge < -0.3 is 0 Å². The predicted octanol–water partition coefficient (Wildman–Crippen LogP) is 8.34. The maximum atomic E-state index is 3.30. The van der Waals surface area contributed by atoms with Crippen molar-refractivity contribution in [2.75, 3.05) is 0 Å². The summed E-state index contributed by atoms with van der Waals surface area (Å²) in [7, 11) is 1.86. The Labute approximate surface area is 236 Å². The molecule has 0 aromatic heterocycles. The van der Waals surface area contributed by atoms with E-state index < -0.39 is 0 Å². The number of halogens is 2. The zero-order chi connectivity index (χ0) is 24.3. The first-order valence-corrected chi connectivity index (χ1v) is 15.0. The normalized spacial score (nSPS) is 12.6. The van der Waals surface area contributed by atoms with E-state index in [2.05, 4.69) is 90.1 Å². The van der Waals surface area contributed by atoms with Gasteiger partial charge in [0.25, 0.3) is 0 Å². The van der Waals surface area contributed by atoms with Gasteiger partial charge in [-0.15, -0.1) is 37.7 Å². The summed E-state index contributed by atoms with van der Waals surface area (Å²) in [5, 5.41) is 0. The smallest absolute Gasteiger partial charge is 0.171 e. The van der Waals surface area contributed by atoms with Crippen LogP contribution < -0.4 is 0 Å². The summed E-state index contributed by atoms with van der Waals surface area (Å²) in [4.78, 5) is 0.